The number of hydrogen-bond donors (Lipinski definition) is 2. The number of carbonyl (C=O) groups is 1. The minimum Gasteiger partial charge on any atom is -0.505 e. The number of phenols is 1. The van der Waals surface area contributed by atoms with Crippen LogP contribution in [-0.2, 0) is 6.54 Å². The van der Waals surface area contributed by atoms with E-state index in [9.17, 15) is 9.90 Å². The lowest BCUT2D eigenvalue weighted by molar-refractivity contribution is 0.0924. The van der Waals surface area contributed by atoms with Crippen molar-refractivity contribution in [2.75, 3.05) is 6.54 Å². The van der Waals surface area contributed by atoms with Gasteiger partial charge in [-0.1, -0.05) is 23.2 Å². The highest BCUT2D eigenvalue weighted by molar-refractivity contribution is 6.37. The van der Waals surface area contributed by atoms with Gasteiger partial charge in [-0.2, -0.15) is 5.10 Å². The molecule has 9 heteroatoms. The van der Waals surface area contributed by atoms with Gasteiger partial charge in [-0.3, -0.25) is 9.48 Å². The maximum Gasteiger partial charge on any atom is 0.269 e. The number of fused-ring (bicyclic) bond motifs is 1. The number of rotatable bonds is 2. The number of phenolic OH excluding ortho intramolecular Hbond substituents is 1. The van der Waals surface area contributed by atoms with Gasteiger partial charge in [0.25, 0.3) is 5.91 Å². The Balaban J connectivity index is 1.77. The molecule has 0 fully saturated rings. The molecule has 0 bridgehead atoms. The molecule has 2 aromatic heterocycles. The van der Waals surface area contributed by atoms with Crippen LogP contribution in [0.25, 0.3) is 22.8 Å². The van der Waals surface area contributed by atoms with E-state index < -0.39 is 0 Å². The van der Waals surface area contributed by atoms with E-state index >= 15 is 0 Å². The molecule has 0 saturated heterocycles. The third kappa shape index (κ3) is 2.81. The van der Waals surface area contributed by atoms with Gasteiger partial charge in [0.15, 0.2) is 11.6 Å². The normalized spacial score (nSPS) is 13.4. The molecular weight excluding hydrogens is 365 g/mol. The summed E-state index contributed by atoms with van der Waals surface area (Å²) >= 11 is 11.9. The van der Waals surface area contributed by atoms with Gasteiger partial charge in [0.1, 0.15) is 11.4 Å². The Morgan fingerprint density at radius 1 is 1.16 bits per heavy atom. The van der Waals surface area contributed by atoms with Crippen LogP contribution in [0.4, 0.5) is 0 Å². The van der Waals surface area contributed by atoms with Crippen molar-refractivity contribution in [3.63, 3.8) is 0 Å². The molecule has 1 amide bonds. The molecule has 126 valence electrons. The number of amides is 1. The molecule has 0 atom stereocenters. The highest BCUT2D eigenvalue weighted by atomic mass is 35.5. The van der Waals surface area contributed by atoms with Crippen LogP contribution in [-0.4, -0.2) is 37.3 Å². The number of hydrogen-bond acceptors (Lipinski definition) is 5. The van der Waals surface area contributed by atoms with Crippen molar-refractivity contribution < 1.29 is 9.90 Å². The topological polar surface area (TPSA) is 92.9 Å². The zero-order valence-corrected chi connectivity index (χ0v) is 14.2. The molecule has 4 rings (SSSR count). The van der Waals surface area contributed by atoms with Crippen molar-refractivity contribution in [1.82, 2.24) is 25.1 Å². The Hall–Kier alpha value is -2.64. The summed E-state index contributed by atoms with van der Waals surface area (Å²) in [5.41, 5.74) is 2.21. The molecule has 25 heavy (non-hydrogen) atoms. The Morgan fingerprint density at radius 2 is 1.92 bits per heavy atom. The quantitative estimate of drug-likeness (QED) is 0.718. The van der Waals surface area contributed by atoms with Gasteiger partial charge >= 0.3 is 0 Å². The van der Waals surface area contributed by atoms with E-state index in [1.165, 1.54) is 12.1 Å². The molecule has 0 unspecified atom stereocenters. The summed E-state index contributed by atoms with van der Waals surface area (Å²) < 4.78 is 1.66. The van der Waals surface area contributed by atoms with Crippen molar-refractivity contribution in [3.05, 3.63) is 46.2 Å². The lowest BCUT2D eigenvalue weighted by atomic mass is 10.2. The predicted molar refractivity (Wildman–Crippen MR) is 92.7 cm³/mol. The molecule has 3 heterocycles. The van der Waals surface area contributed by atoms with Gasteiger partial charge < -0.3 is 10.4 Å². The van der Waals surface area contributed by atoms with Crippen LogP contribution in [0.5, 0.6) is 5.75 Å². The number of nitrogens with zero attached hydrogens (tertiary/aromatic N) is 4. The van der Waals surface area contributed by atoms with E-state index in [0.29, 0.717) is 41.6 Å². The Bertz CT molecular complexity index is 979. The second kappa shape index (κ2) is 6.02. The number of aromatic nitrogens is 4. The largest absolute Gasteiger partial charge is 0.505 e. The first-order valence-electron chi connectivity index (χ1n) is 7.41. The third-order valence-electron chi connectivity index (χ3n) is 3.81. The van der Waals surface area contributed by atoms with E-state index in [0.717, 1.165) is 0 Å². The predicted octanol–water partition coefficient (Wildman–Crippen LogP) is 2.76. The Labute approximate surface area is 152 Å². The summed E-state index contributed by atoms with van der Waals surface area (Å²) in [7, 11) is 0. The van der Waals surface area contributed by atoms with Crippen molar-refractivity contribution >= 4 is 29.1 Å². The molecule has 1 aromatic carbocycles. The van der Waals surface area contributed by atoms with Crippen molar-refractivity contribution in [2.24, 2.45) is 0 Å². The summed E-state index contributed by atoms with van der Waals surface area (Å²) in [6.45, 7) is 1.16. The summed E-state index contributed by atoms with van der Waals surface area (Å²) in [5, 5.41) is 17.1. The molecule has 0 spiro atoms. The van der Waals surface area contributed by atoms with Gasteiger partial charge in [0.05, 0.1) is 22.3 Å². The number of aromatic hydroxyl groups is 1. The van der Waals surface area contributed by atoms with Crippen LogP contribution in [0.15, 0.2) is 30.5 Å². The first-order valence-corrected chi connectivity index (χ1v) is 8.16. The second-order valence-electron chi connectivity index (χ2n) is 5.45. The summed E-state index contributed by atoms with van der Waals surface area (Å²) in [6, 6.07) is 6.47. The van der Waals surface area contributed by atoms with Crippen LogP contribution in [0, 0.1) is 0 Å². The minimum absolute atomic E-state index is 0.116. The second-order valence-corrected chi connectivity index (χ2v) is 6.26. The molecule has 0 aliphatic carbocycles. The van der Waals surface area contributed by atoms with Crippen LogP contribution >= 0.6 is 23.2 Å². The summed E-state index contributed by atoms with van der Waals surface area (Å²) in [6.07, 6.45) is 1.59. The van der Waals surface area contributed by atoms with Gasteiger partial charge in [-0.25, -0.2) is 9.97 Å². The van der Waals surface area contributed by atoms with E-state index in [4.69, 9.17) is 23.2 Å². The molecular formula is C16H11Cl2N5O2. The molecule has 0 saturated carbocycles. The van der Waals surface area contributed by atoms with Crippen molar-refractivity contribution in [3.8, 4) is 28.5 Å². The number of halogens is 2. The summed E-state index contributed by atoms with van der Waals surface area (Å²) in [4.78, 5) is 20.6. The molecule has 1 aliphatic rings. The monoisotopic (exact) mass is 375 g/mol. The van der Waals surface area contributed by atoms with E-state index in [1.807, 2.05) is 0 Å². The van der Waals surface area contributed by atoms with Gasteiger partial charge in [-0.05, 0) is 24.3 Å². The van der Waals surface area contributed by atoms with Crippen molar-refractivity contribution in [1.29, 1.82) is 0 Å². The van der Waals surface area contributed by atoms with Crippen LogP contribution in [0.1, 0.15) is 10.5 Å². The number of carbonyl (C=O) groups excluding carboxylic acids is 1. The van der Waals surface area contributed by atoms with Crippen LogP contribution in [0.2, 0.25) is 10.0 Å². The van der Waals surface area contributed by atoms with Crippen molar-refractivity contribution in [2.45, 2.75) is 6.54 Å². The average Bonchev–Trinajstić information content (AvgIpc) is 3.05. The van der Waals surface area contributed by atoms with Gasteiger partial charge in [0, 0.05) is 18.3 Å². The standard InChI is InChI=1S/C16H11Cl2N5O2/c17-9-5-8(6-10(18)14(9)24)15-19-2-1-11(21-15)12-7-13-16(25)20-3-4-23(13)22-12/h1-2,5-7,24H,3-4H2,(H,20,25). The first-order chi connectivity index (χ1) is 12.0. The first kappa shape index (κ1) is 15.9. The molecule has 3 aromatic rings. The lowest BCUT2D eigenvalue weighted by Crippen LogP contribution is -2.35. The Morgan fingerprint density at radius 3 is 2.64 bits per heavy atom. The zero-order valence-electron chi connectivity index (χ0n) is 12.7. The third-order valence-corrected chi connectivity index (χ3v) is 4.39. The lowest BCUT2D eigenvalue weighted by Gasteiger charge is -2.13. The van der Waals surface area contributed by atoms with Gasteiger partial charge in [0.2, 0.25) is 0 Å². The Kier molecular flexibility index (Phi) is 3.82. The molecule has 2 N–H and O–H groups in total. The fraction of sp³-hybridized carbons (Fsp3) is 0.125. The van der Waals surface area contributed by atoms with E-state index in [1.54, 1.807) is 23.0 Å². The van der Waals surface area contributed by atoms with E-state index in [-0.39, 0.29) is 21.7 Å². The SMILES string of the molecule is O=C1NCCn2nc(-c3ccnc(-c4cc(Cl)c(O)c(Cl)c4)n3)cc21. The fourth-order valence-corrected chi connectivity index (χ4v) is 3.08. The highest BCUT2D eigenvalue weighted by Gasteiger charge is 2.20. The summed E-state index contributed by atoms with van der Waals surface area (Å²) in [5.74, 6) is 0.0455. The number of nitrogens with one attached hydrogen (secondary N) is 1. The molecule has 1 aliphatic heterocycles. The highest BCUT2D eigenvalue weighted by Crippen LogP contribution is 2.35. The minimum atomic E-state index is -0.184. The van der Waals surface area contributed by atoms with Crippen LogP contribution in [0.3, 0.4) is 0 Å². The fourth-order valence-electron chi connectivity index (χ4n) is 2.60. The molecule has 0 radical (unpaired) electrons. The smallest absolute Gasteiger partial charge is 0.269 e. The van der Waals surface area contributed by atoms with E-state index in [2.05, 4.69) is 20.4 Å². The average molecular weight is 376 g/mol. The maximum atomic E-state index is 11.9. The number of benzene rings is 1. The van der Waals surface area contributed by atoms with Crippen LogP contribution < -0.4 is 5.32 Å². The molecule has 7 nitrogen and oxygen atoms in total. The maximum absolute atomic E-state index is 11.9. The zero-order chi connectivity index (χ0) is 17.6. The van der Waals surface area contributed by atoms with Gasteiger partial charge in [-0.15, -0.1) is 0 Å².